The van der Waals surface area contributed by atoms with E-state index in [0.717, 1.165) is 24.1 Å². The Hall–Kier alpha value is -3.22. The van der Waals surface area contributed by atoms with Gasteiger partial charge in [-0.1, -0.05) is 39.3 Å². The van der Waals surface area contributed by atoms with E-state index in [0.29, 0.717) is 23.7 Å². The van der Waals surface area contributed by atoms with Crippen molar-refractivity contribution in [1.82, 2.24) is 10.6 Å². The lowest BCUT2D eigenvalue weighted by Crippen LogP contribution is -2.48. The third-order valence-corrected chi connectivity index (χ3v) is 5.96. The van der Waals surface area contributed by atoms with Gasteiger partial charge in [-0.25, -0.2) is 4.39 Å². The Morgan fingerprint density at radius 1 is 1.03 bits per heavy atom. The number of nitrogens with one attached hydrogen (secondary N) is 2. The minimum Gasteiger partial charge on any atom is -0.497 e. The van der Waals surface area contributed by atoms with Crippen molar-refractivity contribution in [3.63, 3.8) is 0 Å². The van der Waals surface area contributed by atoms with Crippen molar-refractivity contribution in [3.8, 4) is 5.75 Å². The summed E-state index contributed by atoms with van der Waals surface area (Å²) in [5.41, 5.74) is 2.27. The number of methoxy groups -OCH3 is 1. The second-order valence-corrected chi connectivity index (χ2v) is 9.74. The zero-order chi connectivity index (χ0) is 26.0. The number of carbonyl (C=O) groups excluding carboxylic acids is 1. The van der Waals surface area contributed by atoms with Crippen molar-refractivity contribution in [2.24, 2.45) is 15.4 Å². The van der Waals surface area contributed by atoms with Gasteiger partial charge < -0.3 is 15.4 Å². The first-order valence-corrected chi connectivity index (χ1v) is 12.1. The minimum atomic E-state index is -0.347. The maximum absolute atomic E-state index is 13.5. The fourth-order valence-corrected chi connectivity index (χ4v) is 3.67. The van der Waals surface area contributed by atoms with Crippen LogP contribution in [0.15, 0.2) is 58.5 Å². The number of benzene rings is 2. The normalized spacial score (nSPS) is 13.5. The maximum atomic E-state index is 13.5. The molecule has 0 radical (unpaired) electrons. The van der Waals surface area contributed by atoms with Crippen LogP contribution in [-0.4, -0.2) is 43.8 Å². The molecule has 0 spiro atoms. The molecule has 1 amide bonds. The predicted molar refractivity (Wildman–Crippen MR) is 142 cm³/mol. The Morgan fingerprint density at radius 3 is 2.14 bits per heavy atom. The van der Waals surface area contributed by atoms with E-state index in [9.17, 15) is 9.18 Å². The summed E-state index contributed by atoms with van der Waals surface area (Å²) >= 11 is 0. The van der Waals surface area contributed by atoms with E-state index in [1.165, 1.54) is 12.1 Å². The van der Waals surface area contributed by atoms with E-state index < -0.39 is 0 Å². The highest BCUT2D eigenvalue weighted by Crippen LogP contribution is 2.28. The quantitative estimate of drug-likeness (QED) is 0.340. The molecule has 0 saturated carbocycles. The fraction of sp³-hybridized carbons (Fsp3) is 0.464. The summed E-state index contributed by atoms with van der Waals surface area (Å²) in [5.74, 6) is 0.476. The smallest absolute Gasteiger partial charge is 0.280 e. The number of amides is 1. The predicted octanol–water partition coefficient (Wildman–Crippen LogP) is 5.62. The Labute approximate surface area is 209 Å². The summed E-state index contributed by atoms with van der Waals surface area (Å²) in [4.78, 5) is 21.8. The number of nitrogens with zero attached hydrogens (tertiary/aromatic N) is 2. The van der Waals surface area contributed by atoms with Crippen LogP contribution in [0.25, 0.3) is 0 Å². The maximum Gasteiger partial charge on any atom is 0.280 e. The molecule has 6 nitrogen and oxygen atoms in total. The molecule has 2 aromatic carbocycles. The van der Waals surface area contributed by atoms with Crippen molar-refractivity contribution in [3.05, 3.63) is 65.5 Å². The molecule has 0 fully saturated rings. The molecule has 2 rings (SSSR count). The van der Waals surface area contributed by atoms with Crippen LogP contribution in [0.5, 0.6) is 5.75 Å². The van der Waals surface area contributed by atoms with E-state index in [-0.39, 0.29) is 29.2 Å². The van der Waals surface area contributed by atoms with Gasteiger partial charge in [0.25, 0.3) is 5.91 Å². The van der Waals surface area contributed by atoms with Gasteiger partial charge in [0.05, 0.1) is 7.11 Å². The van der Waals surface area contributed by atoms with Gasteiger partial charge in [0.15, 0.2) is 5.96 Å². The molecule has 2 N–H and O–H groups in total. The zero-order valence-electron chi connectivity index (χ0n) is 22.0. The van der Waals surface area contributed by atoms with Crippen LogP contribution in [0.3, 0.4) is 0 Å². The molecule has 35 heavy (non-hydrogen) atoms. The minimum absolute atomic E-state index is 0.0534. The molecule has 0 bridgehead atoms. The Balaban J connectivity index is 2.34. The molecule has 1 atom stereocenters. The van der Waals surface area contributed by atoms with Gasteiger partial charge in [-0.05, 0) is 67.6 Å². The number of guanidine groups is 1. The fourth-order valence-electron chi connectivity index (χ4n) is 3.67. The van der Waals surface area contributed by atoms with Crippen LogP contribution in [0.1, 0.15) is 69.8 Å². The van der Waals surface area contributed by atoms with E-state index in [2.05, 4.69) is 41.4 Å². The van der Waals surface area contributed by atoms with Gasteiger partial charge in [-0.2, -0.15) is 4.99 Å². The standard InChI is InChI=1S/C28H39FN4O2/c1-8-28(4,5)18-23(17-25(30-6)20-9-13-22(29)14-10-20)32-27(31-19(2)3)33-26(34)21-11-15-24(35-7)16-12-21/h9-16,19,23H,8,17-18H2,1-7H3,(H2,31,32,33,34)/b30-25+. The molecule has 7 heteroatoms. The van der Waals surface area contributed by atoms with Crippen LogP contribution in [-0.2, 0) is 0 Å². The van der Waals surface area contributed by atoms with Crippen LogP contribution in [0.2, 0.25) is 0 Å². The van der Waals surface area contributed by atoms with Crippen molar-refractivity contribution >= 4 is 17.6 Å². The molecule has 1 unspecified atom stereocenters. The van der Waals surface area contributed by atoms with Gasteiger partial charge in [0.2, 0.25) is 0 Å². The summed E-state index contributed by atoms with van der Waals surface area (Å²) in [6.45, 7) is 10.6. The van der Waals surface area contributed by atoms with Crippen LogP contribution >= 0.6 is 0 Å². The first-order chi connectivity index (χ1) is 16.6. The van der Waals surface area contributed by atoms with Gasteiger partial charge in [-0.15, -0.1) is 0 Å². The van der Waals surface area contributed by atoms with Crippen molar-refractivity contribution in [2.75, 3.05) is 14.2 Å². The van der Waals surface area contributed by atoms with Gasteiger partial charge in [-0.3, -0.25) is 9.79 Å². The molecule has 0 saturated heterocycles. The van der Waals surface area contributed by atoms with E-state index in [4.69, 9.17) is 4.74 Å². The first kappa shape index (κ1) is 28.0. The Kier molecular flexibility index (Phi) is 10.4. The van der Waals surface area contributed by atoms with Crippen molar-refractivity contribution < 1.29 is 13.9 Å². The summed E-state index contributed by atoms with van der Waals surface area (Å²) in [5, 5.41) is 6.76. The molecular formula is C28H39FN4O2. The zero-order valence-corrected chi connectivity index (χ0v) is 22.0. The molecule has 0 aliphatic heterocycles. The lowest BCUT2D eigenvalue weighted by Gasteiger charge is -2.31. The third-order valence-electron chi connectivity index (χ3n) is 5.96. The second-order valence-electron chi connectivity index (χ2n) is 9.74. The average molecular weight is 483 g/mol. The van der Waals surface area contributed by atoms with Crippen LogP contribution < -0.4 is 15.4 Å². The number of hydrogen-bond donors (Lipinski definition) is 2. The molecule has 0 aliphatic carbocycles. The van der Waals surface area contributed by atoms with Gasteiger partial charge in [0.1, 0.15) is 11.6 Å². The SMILES string of the molecule is CCC(C)(C)CC(C/C(=N\C)c1ccc(F)cc1)N/C(=N\C(=O)c1ccc(OC)cc1)NC(C)C. The topological polar surface area (TPSA) is 75.1 Å². The molecule has 190 valence electrons. The molecule has 0 aromatic heterocycles. The first-order valence-electron chi connectivity index (χ1n) is 12.1. The number of carbonyl (C=O) groups is 1. The van der Waals surface area contributed by atoms with E-state index in [1.54, 1.807) is 50.6 Å². The molecular weight excluding hydrogens is 443 g/mol. The highest BCUT2D eigenvalue weighted by atomic mass is 19.1. The van der Waals surface area contributed by atoms with Crippen LogP contribution in [0.4, 0.5) is 4.39 Å². The van der Waals surface area contributed by atoms with Crippen molar-refractivity contribution in [1.29, 1.82) is 0 Å². The number of ether oxygens (including phenoxy) is 1. The summed E-state index contributed by atoms with van der Waals surface area (Å²) in [6.07, 6.45) is 2.43. The largest absolute Gasteiger partial charge is 0.497 e. The Bertz CT molecular complexity index is 1010. The average Bonchev–Trinajstić information content (AvgIpc) is 2.82. The third kappa shape index (κ3) is 9.15. The molecule has 0 aliphatic rings. The lowest BCUT2D eigenvalue weighted by atomic mass is 9.81. The van der Waals surface area contributed by atoms with Crippen LogP contribution in [0, 0.1) is 11.2 Å². The monoisotopic (exact) mass is 482 g/mol. The number of rotatable bonds is 10. The molecule has 2 aromatic rings. The summed E-state index contributed by atoms with van der Waals surface area (Å²) < 4.78 is 18.6. The highest BCUT2D eigenvalue weighted by Gasteiger charge is 2.25. The van der Waals surface area contributed by atoms with Gasteiger partial charge in [0, 0.05) is 36.8 Å². The Morgan fingerprint density at radius 2 is 1.63 bits per heavy atom. The summed E-state index contributed by atoms with van der Waals surface area (Å²) in [7, 11) is 3.33. The summed E-state index contributed by atoms with van der Waals surface area (Å²) in [6, 6.07) is 13.3. The van der Waals surface area contributed by atoms with Gasteiger partial charge >= 0.3 is 0 Å². The number of aliphatic imine (C=N–C) groups is 2. The highest BCUT2D eigenvalue weighted by molar-refractivity contribution is 6.03. The molecule has 0 heterocycles. The number of halogens is 1. The van der Waals surface area contributed by atoms with E-state index in [1.807, 2.05) is 13.8 Å². The second kappa shape index (κ2) is 13.0. The number of hydrogen-bond acceptors (Lipinski definition) is 3. The van der Waals surface area contributed by atoms with Crippen molar-refractivity contribution in [2.45, 2.75) is 66.0 Å². The lowest BCUT2D eigenvalue weighted by molar-refractivity contribution is 0.100. The van der Waals surface area contributed by atoms with E-state index >= 15 is 0 Å².